The van der Waals surface area contributed by atoms with Gasteiger partial charge in [-0.05, 0) is 27.2 Å². The third-order valence-electron chi connectivity index (χ3n) is 4.84. The zero-order valence-electron chi connectivity index (χ0n) is 24.0. The number of rotatable bonds is 20. The van der Waals surface area contributed by atoms with E-state index in [1.54, 1.807) is 20.8 Å². The molecule has 16 heteroatoms. The first kappa shape index (κ1) is 35.7. The van der Waals surface area contributed by atoms with Gasteiger partial charge in [0.25, 0.3) is 11.8 Å². The molecule has 1 aliphatic rings. The number of hydroxylamine groups is 2. The highest BCUT2D eigenvalue weighted by molar-refractivity contribution is 6.01. The van der Waals surface area contributed by atoms with Crippen molar-refractivity contribution in [1.29, 1.82) is 0 Å². The van der Waals surface area contributed by atoms with E-state index in [2.05, 4.69) is 16.2 Å². The molecule has 1 saturated heterocycles. The molecule has 0 saturated carbocycles. The largest absolute Gasteiger partial charge is 0.443 e. The Bertz CT molecular complexity index is 846. The maximum absolute atomic E-state index is 11.8. The number of hydrogen-bond acceptors (Lipinski definition) is 12. The monoisotopic (exact) mass is 590 g/mol. The molecule has 0 spiro atoms. The molecule has 16 nitrogen and oxygen atoms in total. The van der Waals surface area contributed by atoms with E-state index in [1.807, 2.05) is 0 Å². The molecule has 5 amide bonds. The number of hydrogen-bond donors (Lipinski definition) is 3. The Morgan fingerprint density at radius 2 is 1.24 bits per heavy atom. The van der Waals surface area contributed by atoms with Crippen LogP contribution in [0.3, 0.4) is 0 Å². The fourth-order valence-electron chi connectivity index (χ4n) is 2.96. The number of hydrazine groups is 1. The van der Waals surface area contributed by atoms with Crippen LogP contribution in [0.2, 0.25) is 0 Å². The Morgan fingerprint density at radius 3 is 1.80 bits per heavy atom. The van der Waals surface area contributed by atoms with Gasteiger partial charge in [0.05, 0.1) is 59.3 Å². The van der Waals surface area contributed by atoms with Crippen molar-refractivity contribution in [3.8, 4) is 0 Å². The lowest BCUT2D eigenvalue weighted by atomic mass is 10.2. The maximum atomic E-state index is 11.8. The van der Waals surface area contributed by atoms with Crippen LogP contribution < -0.4 is 16.2 Å². The fourth-order valence-corrected chi connectivity index (χ4v) is 2.96. The predicted molar refractivity (Wildman–Crippen MR) is 139 cm³/mol. The highest BCUT2D eigenvalue weighted by atomic mass is 16.7. The molecule has 41 heavy (non-hydrogen) atoms. The van der Waals surface area contributed by atoms with E-state index in [0.29, 0.717) is 57.9 Å². The van der Waals surface area contributed by atoms with Gasteiger partial charge in [0.1, 0.15) is 5.60 Å². The molecular formula is C25H42N4O12. The van der Waals surface area contributed by atoms with E-state index < -0.39 is 35.4 Å². The molecule has 0 bridgehead atoms. The lowest BCUT2D eigenvalue weighted by molar-refractivity contribution is -0.197. The number of amides is 5. The molecule has 1 heterocycles. The van der Waals surface area contributed by atoms with Crippen molar-refractivity contribution in [2.45, 2.75) is 64.9 Å². The summed E-state index contributed by atoms with van der Waals surface area (Å²) in [6.45, 7) is 7.93. The maximum Gasteiger partial charge on any atom is 0.426 e. The van der Waals surface area contributed by atoms with Crippen molar-refractivity contribution < 1.29 is 57.3 Å². The molecule has 0 aliphatic carbocycles. The van der Waals surface area contributed by atoms with E-state index in [1.165, 1.54) is 0 Å². The van der Waals surface area contributed by atoms with Crippen LogP contribution in [0.1, 0.15) is 59.3 Å². The standard InChI is InChI=1S/C25H42N4O12/c1-25(2,3)40-24(35)28-27-20(31)9-11-36-13-15-38-17-18-39-16-14-37-12-10-26-19(30)5-4-6-23(34)41-29-21(32)7-8-22(29)33/h4-18H2,1-3H3,(H,26,30)(H,27,31)(H,28,35). The van der Waals surface area contributed by atoms with Crippen LogP contribution in [0, 0.1) is 0 Å². The van der Waals surface area contributed by atoms with Crippen molar-refractivity contribution in [2.24, 2.45) is 0 Å². The minimum atomic E-state index is -0.747. The number of carbonyl (C=O) groups excluding carboxylic acids is 6. The second-order valence-corrected chi connectivity index (χ2v) is 9.62. The summed E-state index contributed by atoms with van der Waals surface area (Å²) >= 11 is 0. The second kappa shape index (κ2) is 20.5. The van der Waals surface area contributed by atoms with E-state index in [-0.39, 0.29) is 51.0 Å². The average Bonchev–Trinajstić information content (AvgIpc) is 3.20. The van der Waals surface area contributed by atoms with Gasteiger partial charge in [-0.25, -0.2) is 15.0 Å². The molecule has 0 radical (unpaired) electrons. The van der Waals surface area contributed by atoms with Crippen molar-refractivity contribution in [1.82, 2.24) is 21.2 Å². The second-order valence-electron chi connectivity index (χ2n) is 9.62. The van der Waals surface area contributed by atoms with Gasteiger partial charge in [0.2, 0.25) is 11.8 Å². The van der Waals surface area contributed by atoms with Gasteiger partial charge < -0.3 is 33.8 Å². The van der Waals surface area contributed by atoms with Crippen molar-refractivity contribution in [3.05, 3.63) is 0 Å². The van der Waals surface area contributed by atoms with Gasteiger partial charge in [-0.3, -0.25) is 24.6 Å². The Labute approximate surface area is 238 Å². The minimum Gasteiger partial charge on any atom is -0.443 e. The Kier molecular flexibility index (Phi) is 17.9. The van der Waals surface area contributed by atoms with Crippen LogP contribution in [0.15, 0.2) is 0 Å². The molecule has 234 valence electrons. The third-order valence-corrected chi connectivity index (χ3v) is 4.84. The van der Waals surface area contributed by atoms with Gasteiger partial charge in [-0.1, -0.05) is 0 Å². The van der Waals surface area contributed by atoms with E-state index in [9.17, 15) is 28.8 Å². The zero-order chi connectivity index (χ0) is 30.5. The SMILES string of the molecule is CC(C)(C)OC(=O)NNC(=O)CCOCCOCCOCCOCCNC(=O)CCCC(=O)ON1C(=O)CCC1=O. The number of nitrogens with zero attached hydrogens (tertiary/aromatic N) is 1. The topological polar surface area (TPSA) is 197 Å². The predicted octanol–water partition coefficient (Wildman–Crippen LogP) is -0.107. The van der Waals surface area contributed by atoms with Crippen LogP contribution in [0.25, 0.3) is 0 Å². The van der Waals surface area contributed by atoms with Crippen molar-refractivity contribution >= 4 is 35.7 Å². The third kappa shape index (κ3) is 19.4. The number of nitrogens with one attached hydrogen (secondary N) is 3. The van der Waals surface area contributed by atoms with Gasteiger partial charge >= 0.3 is 12.1 Å². The van der Waals surface area contributed by atoms with E-state index in [0.717, 1.165) is 0 Å². The van der Waals surface area contributed by atoms with Gasteiger partial charge in [-0.15, -0.1) is 5.06 Å². The molecule has 1 fully saturated rings. The molecule has 1 rings (SSSR count). The number of carbonyl (C=O) groups is 6. The molecular weight excluding hydrogens is 548 g/mol. The summed E-state index contributed by atoms with van der Waals surface area (Å²) in [5.41, 5.74) is 3.72. The van der Waals surface area contributed by atoms with E-state index >= 15 is 0 Å². The molecule has 0 aromatic heterocycles. The van der Waals surface area contributed by atoms with Crippen LogP contribution in [0.5, 0.6) is 0 Å². The Hall–Kier alpha value is -3.34. The average molecular weight is 591 g/mol. The highest BCUT2D eigenvalue weighted by Crippen LogP contribution is 2.13. The lowest BCUT2D eigenvalue weighted by Gasteiger charge is -2.19. The summed E-state index contributed by atoms with van der Waals surface area (Å²) in [6, 6.07) is 0. The van der Waals surface area contributed by atoms with E-state index in [4.69, 9.17) is 28.5 Å². The summed E-state index contributed by atoms with van der Waals surface area (Å²) < 4.78 is 26.4. The molecule has 3 N–H and O–H groups in total. The Balaban J connectivity index is 1.82. The number of ether oxygens (including phenoxy) is 5. The summed E-state index contributed by atoms with van der Waals surface area (Å²) in [7, 11) is 0. The smallest absolute Gasteiger partial charge is 0.426 e. The number of imide groups is 1. The summed E-state index contributed by atoms with van der Waals surface area (Å²) in [5, 5.41) is 3.14. The Morgan fingerprint density at radius 1 is 0.707 bits per heavy atom. The summed E-state index contributed by atoms with van der Waals surface area (Å²) in [5.74, 6) is -2.50. The van der Waals surface area contributed by atoms with Crippen LogP contribution in [0.4, 0.5) is 4.79 Å². The highest BCUT2D eigenvalue weighted by Gasteiger charge is 2.32. The molecule has 0 unspecified atom stereocenters. The van der Waals surface area contributed by atoms with Crippen molar-refractivity contribution in [2.75, 3.05) is 59.4 Å². The first-order valence-corrected chi connectivity index (χ1v) is 13.4. The van der Waals surface area contributed by atoms with Crippen LogP contribution in [-0.4, -0.2) is 106 Å². The first-order chi connectivity index (χ1) is 19.5. The normalized spacial score (nSPS) is 13.2. The van der Waals surface area contributed by atoms with Gasteiger partial charge in [0, 0.05) is 32.2 Å². The van der Waals surface area contributed by atoms with Crippen LogP contribution >= 0.6 is 0 Å². The molecule has 0 aromatic rings. The van der Waals surface area contributed by atoms with Gasteiger partial charge in [0.15, 0.2) is 0 Å². The summed E-state index contributed by atoms with van der Waals surface area (Å²) in [6.07, 6.45) is -0.415. The fraction of sp³-hybridized carbons (Fsp3) is 0.760. The molecule has 1 aliphatic heterocycles. The van der Waals surface area contributed by atoms with Crippen LogP contribution in [-0.2, 0) is 52.5 Å². The first-order valence-electron chi connectivity index (χ1n) is 13.4. The minimum absolute atomic E-state index is 0.0269. The summed E-state index contributed by atoms with van der Waals surface area (Å²) in [4.78, 5) is 74.0. The molecule has 0 atom stereocenters. The quantitative estimate of drug-likeness (QED) is 0.0968. The zero-order valence-corrected chi connectivity index (χ0v) is 24.0. The van der Waals surface area contributed by atoms with Crippen molar-refractivity contribution in [3.63, 3.8) is 0 Å². The van der Waals surface area contributed by atoms with Gasteiger partial charge in [-0.2, -0.15) is 0 Å². The molecule has 0 aromatic carbocycles. The lowest BCUT2D eigenvalue weighted by Crippen LogP contribution is -2.44.